The number of amides is 4. The van der Waals surface area contributed by atoms with Crippen molar-refractivity contribution in [3.63, 3.8) is 0 Å². The van der Waals surface area contributed by atoms with Gasteiger partial charge in [0.1, 0.15) is 11.8 Å². The van der Waals surface area contributed by atoms with Crippen LogP contribution >= 0.6 is 13.5 Å². The Bertz CT molecular complexity index is 925. The monoisotopic (exact) mass is 387 g/mol. The normalized spacial score (nSPS) is 18.8. The number of nitrogens with one attached hydrogen (secondary N) is 2. The van der Waals surface area contributed by atoms with Crippen LogP contribution in [0.5, 0.6) is 0 Å². The highest BCUT2D eigenvalue weighted by Gasteiger charge is 2.45. The average molecular weight is 387 g/mol. The van der Waals surface area contributed by atoms with Gasteiger partial charge in [-0.25, -0.2) is 0 Å². The van der Waals surface area contributed by atoms with Gasteiger partial charge in [0.15, 0.2) is 0 Å². The van der Waals surface area contributed by atoms with Crippen LogP contribution in [0.1, 0.15) is 39.3 Å². The van der Waals surface area contributed by atoms with Gasteiger partial charge in [0.05, 0.1) is 23.9 Å². The molecule has 2 aliphatic rings. The first-order valence-corrected chi connectivity index (χ1v) is 8.17. The van der Waals surface area contributed by atoms with Crippen molar-refractivity contribution in [1.29, 1.82) is 0 Å². The number of imide groups is 2. The highest BCUT2D eigenvalue weighted by Crippen LogP contribution is 2.32. The zero-order valence-electron chi connectivity index (χ0n) is 14.2. The van der Waals surface area contributed by atoms with Crippen LogP contribution in [0.25, 0.3) is 0 Å². The summed E-state index contributed by atoms with van der Waals surface area (Å²) in [5.74, 6) is -1.41. The van der Waals surface area contributed by atoms with E-state index in [-0.39, 0.29) is 37.5 Å². The number of rotatable bonds is 4. The Morgan fingerprint density at radius 1 is 1.11 bits per heavy atom. The maximum Gasteiger partial charge on any atom is 0.264 e. The fourth-order valence-electron chi connectivity index (χ4n) is 3.26. The standard InChI is InChI=1S/C18H15N3O5.H2S/c22-14-7-6-13(16(23)20-14)21-17(24)11-4-1-5-12(15(11)18(21)25)19-9-10-3-2-8-26-10;/h1-5,8,13,19H,6-7,9H2,(H,20,22,23);1H2/t13-;/m0./s1. The summed E-state index contributed by atoms with van der Waals surface area (Å²) in [4.78, 5) is 50.0. The second-order valence-corrected chi connectivity index (χ2v) is 6.11. The Kier molecular flexibility index (Phi) is 5.04. The van der Waals surface area contributed by atoms with Crippen LogP contribution in [0.3, 0.4) is 0 Å². The van der Waals surface area contributed by atoms with Crippen LogP contribution < -0.4 is 10.6 Å². The van der Waals surface area contributed by atoms with E-state index in [0.717, 1.165) is 4.90 Å². The van der Waals surface area contributed by atoms with E-state index in [1.165, 1.54) is 0 Å². The molecule has 1 aromatic carbocycles. The van der Waals surface area contributed by atoms with E-state index in [1.54, 1.807) is 36.6 Å². The highest BCUT2D eigenvalue weighted by atomic mass is 32.1. The lowest BCUT2D eigenvalue weighted by molar-refractivity contribution is -0.136. The maximum absolute atomic E-state index is 12.9. The van der Waals surface area contributed by atoms with Gasteiger partial charge in [0.2, 0.25) is 11.8 Å². The molecule has 0 unspecified atom stereocenters. The summed E-state index contributed by atoms with van der Waals surface area (Å²) >= 11 is 0. The number of benzene rings is 1. The van der Waals surface area contributed by atoms with E-state index < -0.39 is 29.7 Å². The van der Waals surface area contributed by atoms with E-state index in [4.69, 9.17) is 4.42 Å². The minimum atomic E-state index is -0.974. The van der Waals surface area contributed by atoms with Gasteiger partial charge < -0.3 is 9.73 Å². The molecule has 1 atom stereocenters. The summed E-state index contributed by atoms with van der Waals surface area (Å²) in [6, 6.07) is 7.49. The topological polar surface area (TPSA) is 109 Å². The number of furan rings is 1. The van der Waals surface area contributed by atoms with Crippen LogP contribution in [-0.2, 0) is 16.1 Å². The first-order chi connectivity index (χ1) is 12.6. The Labute approximate surface area is 161 Å². The lowest BCUT2D eigenvalue weighted by Crippen LogP contribution is -2.54. The molecule has 4 rings (SSSR count). The number of anilines is 1. The first-order valence-electron chi connectivity index (χ1n) is 8.17. The SMILES string of the molecule is O=C1CC[C@H](N2C(=O)c3cccc(NCc4ccco4)c3C2=O)C(=O)N1.S. The van der Waals surface area contributed by atoms with Crippen LogP contribution in [0, 0.1) is 0 Å². The van der Waals surface area contributed by atoms with Crippen LogP contribution in [0.4, 0.5) is 5.69 Å². The molecule has 0 bridgehead atoms. The largest absolute Gasteiger partial charge is 0.467 e. The lowest BCUT2D eigenvalue weighted by Gasteiger charge is -2.27. The second kappa shape index (κ2) is 7.28. The fourth-order valence-corrected chi connectivity index (χ4v) is 3.26. The number of hydrogen-bond donors (Lipinski definition) is 2. The van der Waals surface area contributed by atoms with Gasteiger partial charge in [0.25, 0.3) is 11.8 Å². The molecule has 9 heteroatoms. The third-order valence-electron chi connectivity index (χ3n) is 4.50. The second-order valence-electron chi connectivity index (χ2n) is 6.11. The van der Waals surface area contributed by atoms with Crippen molar-refractivity contribution in [2.45, 2.75) is 25.4 Å². The van der Waals surface area contributed by atoms with Crippen molar-refractivity contribution in [3.05, 3.63) is 53.5 Å². The third kappa shape index (κ3) is 3.21. The van der Waals surface area contributed by atoms with Crippen molar-refractivity contribution in [2.24, 2.45) is 0 Å². The number of carbonyl (C=O) groups is 4. The Morgan fingerprint density at radius 3 is 2.63 bits per heavy atom. The average Bonchev–Trinajstić information content (AvgIpc) is 3.22. The molecule has 2 N–H and O–H groups in total. The molecule has 3 heterocycles. The van der Waals surface area contributed by atoms with E-state index >= 15 is 0 Å². The number of nitrogens with zero attached hydrogens (tertiary/aromatic N) is 1. The summed E-state index contributed by atoms with van der Waals surface area (Å²) in [5.41, 5.74) is 0.963. The summed E-state index contributed by atoms with van der Waals surface area (Å²) in [6.45, 7) is 0.351. The van der Waals surface area contributed by atoms with Gasteiger partial charge in [-0.1, -0.05) is 6.07 Å². The zero-order chi connectivity index (χ0) is 18.3. The number of hydrogen-bond acceptors (Lipinski definition) is 6. The summed E-state index contributed by atoms with van der Waals surface area (Å²) in [7, 11) is 0. The predicted molar refractivity (Wildman–Crippen MR) is 99.5 cm³/mol. The van der Waals surface area contributed by atoms with Crippen molar-refractivity contribution in [2.75, 3.05) is 5.32 Å². The molecule has 1 aromatic heterocycles. The third-order valence-corrected chi connectivity index (χ3v) is 4.50. The Balaban J connectivity index is 0.00000210. The van der Waals surface area contributed by atoms with E-state index in [9.17, 15) is 19.2 Å². The highest BCUT2D eigenvalue weighted by molar-refractivity contribution is 7.59. The molecule has 4 amide bonds. The molecule has 8 nitrogen and oxygen atoms in total. The van der Waals surface area contributed by atoms with Gasteiger partial charge >= 0.3 is 0 Å². The minimum Gasteiger partial charge on any atom is -0.467 e. The lowest BCUT2D eigenvalue weighted by atomic mass is 10.0. The number of carbonyl (C=O) groups excluding carboxylic acids is 4. The van der Waals surface area contributed by atoms with Gasteiger partial charge in [-0.05, 0) is 30.7 Å². The summed E-state index contributed by atoms with van der Waals surface area (Å²) < 4.78 is 5.25. The molecule has 27 heavy (non-hydrogen) atoms. The molecular formula is C18H17N3O5S. The van der Waals surface area contributed by atoms with E-state index in [0.29, 0.717) is 18.0 Å². The molecule has 140 valence electrons. The minimum absolute atomic E-state index is 0. The molecule has 0 radical (unpaired) electrons. The quantitative estimate of drug-likeness (QED) is 0.768. The van der Waals surface area contributed by atoms with Gasteiger partial charge in [-0.3, -0.25) is 29.4 Å². The summed E-state index contributed by atoms with van der Waals surface area (Å²) in [6.07, 6.45) is 1.77. The van der Waals surface area contributed by atoms with Crippen molar-refractivity contribution in [1.82, 2.24) is 10.2 Å². The smallest absolute Gasteiger partial charge is 0.264 e. The van der Waals surface area contributed by atoms with Gasteiger partial charge in [0, 0.05) is 12.1 Å². The van der Waals surface area contributed by atoms with Gasteiger partial charge in [-0.15, -0.1) is 0 Å². The molecule has 2 aromatic rings. The Hall–Kier alpha value is -3.07. The first kappa shape index (κ1) is 18.7. The number of piperidine rings is 1. The van der Waals surface area contributed by atoms with Crippen molar-refractivity contribution in [3.8, 4) is 0 Å². The predicted octanol–water partition coefficient (Wildman–Crippen LogP) is 1.41. The van der Waals surface area contributed by atoms with Crippen molar-refractivity contribution < 1.29 is 23.6 Å². The molecule has 0 aliphatic carbocycles. The molecule has 1 fully saturated rings. The van der Waals surface area contributed by atoms with Crippen LogP contribution in [0.2, 0.25) is 0 Å². The fraction of sp³-hybridized carbons (Fsp3) is 0.222. The zero-order valence-corrected chi connectivity index (χ0v) is 15.2. The molecule has 1 saturated heterocycles. The molecule has 0 spiro atoms. The van der Waals surface area contributed by atoms with E-state index in [1.807, 2.05) is 0 Å². The molecule has 2 aliphatic heterocycles. The van der Waals surface area contributed by atoms with Crippen LogP contribution in [-0.4, -0.2) is 34.6 Å². The van der Waals surface area contributed by atoms with Crippen LogP contribution in [0.15, 0.2) is 41.0 Å². The Morgan fingerprint density at radius 2 is 1.93 bits per heavy atom. The van der Waals surface area contributed by atoms with Crippen molar-refractivity contribution >= 4 is 42.8 Å². The summed E-state index contributed by atoms with van der Waals surface area (Å²) in [5, 5.41) is 5.27. The maximum atomic E-state index is 12.9. The van der Waals surface area contributed by atoms with Gasteiger partial charge in [-0.2, -0.15) is 13.5 Å². The number of fused-ring (bicyclic) bond motifs is 1. The molecular weight excluding hydrogens is 370 g/mol. The van der Waals surface area contributed by atoms with E-state index in [2.05, 4.69) is 10.6 Å². The molecule has 0 saturated carbocycles.